The molecule has 2 rings (SSSR count). The molecule has 0 spiro atoms. The van der Waals surface area contributed by atoms with Crippen molar-refractivity contribution in [3.8, 4) is 0 Å². The molecule has 0 unspecified atom stereocenters. The molecule has 3 nitrogen and oxygen atoms in total. The predicted octanol–water partition coefficient (Wildman–Crippen LogP) is 3.18. The van der Waals surface area contributed by atoms with Crippen LogP contribution in [-0.4, -0.2) is 17.9 Å². The molecule has 0 bridgehead atoms. The minimum Gasteiger partial charge on any atom is -0.472 e. The minimum absolute atomic E-state index is 0.0656. The molecule has 0 aliphatic heterocycles. The fourth-order valence-corrected chi connectivity index (χ4v) is 2.54. The quantitative estimate of drug-likeness (QED) is 0.834. The van der Waals surface area contributed by atoms with Gasteiger partial charge in [-0.1, -0.05) is 6.92 Å². The van der Waals surface area contributed by atoms with Gasteiger partial charge in [-0.15, -0.1) is 11.3 Å². The number of hydrogen-bond donors (Lipinski definition) is 0. The molecule has 0 saturated heterocycles. The third-order valence-electron chi connectivity index (χ3n) is 2.57. The van der Waals surface area contributed by atoms with Gasteiger partial charge >= 0.3 is 0 Å². The summed E-state index contributed by atoms with van der Waals surface area (Å²) in [4.78, 5) is 15.9. The third kappa shape index (κ3) is 2.77. The summed E-state index contributed by atoms with van der Waals surface area (Å²) in [6.07, 6.45) is 4.26. The average molecular weight is 249 g/mol. The van der Waals surface area contributed by atoms with Crippen molar-refractivity contribution in [2.75, 3.05) is 7.05 Å². The van der Waals surface area contributed by atoms with Gasteiger partial charge in [-0.05, 0) is 24.6 Å². The number of aryl methyl sites for hydroxylation is 1. The van der Waals surface area contributed by atoms with Crippen LogP contribution >= 0.6 is 11.3 Å². The Morgan fingerprint density at radius 3 is 2.82 bits per heavy atom. The summed E-state index contributed by atoms with van der Waals surface area (Å²) in [7, 11) is 1.81. The van der Waals surface area contributed by atoms with Crippen molar-refractivity contribution in [2.24, 2.45) is 0 Å². The summed E-state index contributed by atoms with van der Waals surface area (Å²) in [6, 6.07) is 5.79. The Bertz CT molecular complexity index is 487. The zero-order chi connectivity index (χ0) is 12.3. The van der Waals surface area contributed by atoms with E-state index in [-0.39, 0.29) is 5.91 Å². The van der Waals surface area contributed by atoms with Crippen LogP contribution in [-0.2, 0) is 13.0 Å². The van der Waals surface area contributed by atoms with E-state index in [0.29, 0.717) is 6.54 Å². The highest BCUT2D eigenvalue weighted by Gasteiger charge is 2.14. The van der Waals surface area contributed by atoms with Crippen LogP contribution in [0.2, 0.25) is 0 Å². The molecule has 0 radical (unpaired) electrons. The van der Waals surface area contributed by atoms with Gasteiger partial charge in [-0.3, -0.25) is 4.79 Å². The number of amides is 1. The maximum absolute atomic E-state index is 12.1. The summed E-state index contributed by atoms with van der Waals surface area (Å²) >= 11 is 1.57. The molecule has 90 valence electrons. The smallest absolute Gasteiger partial charge is 0.263 e. The Morgan fingerprint density at radius 2 is 2.24 bits per heavy atom. The van der Waals surface area contributed by atoms with E-state index in [4.69, 9.17) is 4.42 Å². The molecule has 2 aromatic rings. The Kier molecular flexibility index (Phi) is 3.64. The lowest BCUT2D eigenvalue weighted by Gasteiger charge is -2.14. The second-order valence-electron chi connectivity index (χ2n) is 3.91. The number of furan rings is 1. The van der Waals surface area contributed by atoms with Gasteiger partial charge in [-0.25, -0.2) is 0 Å². The van der Waals surface area contributed by atoms with E-state index in [0.717, 1.165) is 16.9 Å². The SMILES string of the molecule is CCc1ccc(C(=O)N(C)Cc2ccoc2)s1. The lowest BCUT2D eigenvalue weighted by atomic mass is 10.3. The Hall–Kier alpha value is -1.55. The standard InChI is InChI=1S/C13H15NO2S/c1-3-11-4-5-12(17-11)13(15)14(2)8-10-6-7-16-9-10/h4-7,9H,3,8H2,1-2H3. The maximum Gasteiger partial charge on any atom is 0.263 e. The van der Waals surface area contributed by atoms with Crippen molar-refractivity contribution in [1.82, 2.24) is 4.90 Å². The van der Waals surface area contributed by atoms with Crippen LogP contribution in [0, 0.1) is 0 Å². The zero-order valence-corrected chi connectivity index (χ0v) is 10.8. The van der Waals surface area contributed by atoms with E-state index in [9.17, 15) is 4.79 Å². The van der Waals surface area contributed by atoms with Gasteiger partial charge in [0.1, 0.15) is 0 Å². The zero-order valence-electron chi connectivity index (χ0n) is 9.97. The van der Waals surface area contributed by atoms with Crippen molar-refractivity contribution in [3.05, 3.63) is 46.0 Å². The molecule has 0 N–H and O–H groups in total. The lowest BCUT2D eigenvalue weighted by Crippen LogP contribution is -2.25. The lowest BCUT2D eigenvalue weighted by molar-refractivity contribution is 0.0789. The van der Waals surface area contributed by atoms with Crippen molar-refractivity contribution >= 4 is 17.2 Å². The molecule has 2 heterocycles. The first-order valence-corrected chi connectivity index (χ1v) is 6.37. The van der Waals surface area contributed by atoms with Crippen LogP contribution in [0.3, 0.4) is 0 Å². The molecule has 2 aromatic heterocycles. The maximum atomic E-state index is 12.1. The van der Waals surface area contributed by atoms with E-state index in [2.05, 4.69) is 6.92 Å². The molecular formula is C13H15NO2S. The highest BCUT2D eigenvalue weighted by Crippen LogP contribution is 2.19. The van der Waals surface area contributed by atoms with E-state index in [1.54, 1.807) is 35.8 Å². The van der Waals surface area contributed by atoms with Gasteiger partial charge in [0.25, 0.3) is 5.91 Å². The van der Waals surface area contributed by atoms with Gasteiger partial charge in [0.05, 0.1) is 17.4 Å². The minimum atomic E-state index is 0.0656. The molecule has 0 aliphatic carbocycles. The Labute approximate surface area is 105 Å². The van der Waals surface area contributed by atoms with E-state index >= 15 is 0 Å². The molecule has 0 aliphatic rings. The van der Waals surface area contributed by atoms with Crippen LogP contribution in [0.1, 0.15) is 27.0 Å². The van der Waals surface area contributed by atoms with E-state index < -0.39 is 0 Å². The third-order valence-corrected chi connectivity index (χ3v) is 3.79. The van der Waals surface area contributed by atoms with Gasteiger partial charge < -0.3 is 9.32 Å². The summed E-state index contributed by atoms with van der Waals surface area (Å²) < 4.78 is 4.99. The van der Waals surface area contributed by atoms with E-state index in [1.165, 1.54) is 4.88 Å². The molecule has 0 atom stereocenters. The summed E-state index contributed by atoms with van der Waals surface area (Å²) in [5, 5.41) is 0. The monoisotopic (exact) mass is 249 g/mol. The van der Waals surface area contributed by atoms with Gasteiger partial charge in [0.2, 0.25) is 0 Å². The van der Waals surface area contributed by atoms with E-state index in [1.807, 2.05) is 18.2 Å². The van der Waals surface area contributed by atoms with Gasteiger partial charge in [0.15, 0.2) is 0 Å². The predicted molar refractivity (Wildman–Crippen MR) is 68.2 cm³/mol. The average Bonchev–Trinajstić information content (AvgIpc) is 2.98. The van der Waals surface area contributed by atoms with Crippen LogP contribution in [0.4, 0.5) is 0 Å². The molecule has 1 amide bonds. The molecule has 0 saturated carbocycles. The van der Waals surface area contributed by atoms with Crippen LogP contribution in [0.15, 0.2) is 35.1 Å². The molecule has 0 aromatic carbocycles. The summed E-state index contributed by atoms with van der Waals surface area (Å²) in [6.45, 7) is 2.67. The fraction of sp³-hybridized carbons (Fsp3) is 0.308. The molecule has 17 heavy (non-hydrogen) atoms. The molecule has 4 heteroatoms. The first-order valence-electron chi connectivity index (χ1n) is 5.56. The van der Waals surface area contributed by atoms with Crippen LogP contribution in [0.5, 0.6) is 0 Å². The second-order valence-corrected chi connectivity index (χ2v) is 5.08. The van der Waals surface area contributed by atoms with Gasteiger partial charge in [-0.2, -0.15) is 0 Å². The number of nitrogens with zero attached hydrogens (tertiary/aromatic N) is 1. The fourth-order valence-electron chi connectivity index (χ4n) is 1.60. The van der Waals surface area contributed by atoms with Crippen LogP contribution < -0.4 is 0 Å². The first kappa shape index (κ1) is 11.9. The number of carbonyl (C=O) groups excluding carboxylic acids is 1. The Morgan fingerprint density at radius 1 is 1.41 bits per heavy atom. The Balaban J connectivity index is 2.04. The molecular weight excluding hydrogens is 234 g/mol. The van der Waals surface area contributed by atoms with Crippen molar-refractivity contribution in [3.63, 3.8) is 0 Å². The summed E-state index contributed by atoms with van der Waals surface area (Å²) in [5.41, 5.74) is 1.01. The van der Waals surface area contributed by atoms with Crippen molar-refractivity contribution < 1.29 is 9.21 Å². The summed E-state index contributed by atoms with van der Waals surface area (Å²) in [5.74, 6) is 0.0656. The highest BCUT2D eigenvalue weighted by molar-refractivity contribution is 7.14. The van der Waals surface area contributed by atoms with Crippen molar-refractivity contribution in [1.29, 1.82) is 0 Å². The normalized spacial score (nSPS) is 10.5. The molecule has 0 fully saturated rings. The highest BCUT2D eigenvalue weighted by atomic mass is 32.1. The number of rotatable bonds is 4. The van der Waals surface area contributed by atoms with Gasteiger partial charge in [0, 0.05) is 24.0 Å². The number of hydrogen-bond acceptors (Lipinski definition) is 3. The number of carbonyl (C=O) groups is 1. The first-order chi connectivity index (χ1) is 8.20. The topological polar surface area (TPSA) is 33.5 Å². The second kappa shape index (κ2) is 5.19. The number of thiophene rings is 1. The van der Waals surface area contributed by atoms with Crippen LogP contribution in [0.25, 0.3) is 0 Å². The largest absolute Gasteiger partial charge is 0.472 e. The van der Waals surface area contributed by atoms with Crippen molar-refractivity contribution in [2.45, 2.75) is 19.9 Å².